The third kappa shape index (κ3) is 3.28. The van der Waals surface area contributed by atoms with E-state index in [9.17, 15) is 15.0 Å². The van der Waals surface area contributed by atoms with Gasteiger partial charge in [-0.05, 0) is 36.8 Å². The molecule has 1 fully saturated rings. The molecular formula is C15H22N2O3. The van der Waals surface area contributed by atoms with Crippen molar-refractivity contribution < 1.29 is 15.0 Å². The Bertz CT molecular complexity index is 488. The predicted molar refractivity (Wildman–Crippen MR) is 77.3 cm³/mol. The van der Waals surface area contributed by atoms with Crippen LogP contribution in [-0.2, 0) is 0 Å². The first-order chi connectivity index (χ1) is 9.51. The number of piperidine rings is 1. The van der Waals surface area contributed by atoms with E-state index < -0.39 is 5.97 Å². The lowest BCUT2D eigenvalue weighted by Crippen LogP contribution is -2.37. The summed E-state index contributed by atoms with van der Waals surface area (Å²) in [5.74, 6) is 0.228. The number of anilines is 1. The van der Waals surface area contributed by atoms with Crippen LogP contribution in [0.25, 0.3) is 0 Å². The number of aromatic nitrogens is 1. The van der Waals surface area contributed by atoms with E-state index in [-0.39, 0.29) is 24.0 Å². The van der Waals surface area contributed by atoms with Gasteiger partial charge in [0.1, 0.15) is 5.82 Å². The van der Waals surface area contributed by atoms with Gasteiger partial charge >= 0.3 is 5.97 Å². The zero-order valence-corrected chi connectivity index (χ0v) is 12.0. The normalized spacial score (nSPS) is 19.4. The Kier molecular flexibility index (Phi) is 4.60. The molecule has 1 atom stereocenters. The highest BCUT2D eigenvalue weighted by Crippen LogP contribution is 2.25. The summed E-state index contributed by atoms with van der Waals surface area (Å²) < 4.78 is 0. The molecule has 2 heterocycles. The number of aromatic carboxylic acids is 1. The van der Waals surface area contributed by atoms with E-state index in [1.165, 1.54) is 0 Å². The minimum absolute atomic E-state index is 0.173. The molecule has 2 rings (SSSR count). The molecule has 20 heavy (non-hydrogen) atoms. The fraction of sp³-hybridized carbons (Fsp3) is 0.600. The number of carboxylic acid groups (broad SMARTS) is 1. The van der Waals surface area contributed by atoms with Crippen LogP contribution >= 0.6 is 0 Å². The van der Waals surface area contributed by atoms with Crippen molar-refractivity contribution in [2.75, 3.05) is 24.6 Å². The molecule has 0 aliphatic carbocycles. The number of carbonyl (C=O) groups is 1. The summed E-state index contributed by atoms with van der Waals surface area (Å²) in [6.45, 7) is 5.79. The summed E-state index contributed by atoms with van der Waals surface area (Å²) in [6, 6.07) is 3.28. The molecule has 2 N–H and O–H groups in total. The van der Waals surface area contributed by atoms with Crippen LogP contribution in [0.1, 0.15) is 48.7 Å². The van der Waals surface area contributed by atoms with Crippen LogP contribution in [0.4, 0.5) is 5.82 Å². The van der Waals surface area contributed by atoms with Gasteiger partial charge in [0, 0.05) is 25.4 Å². The van der Waals surface area contributed by atoms with Gasteiger partial charge in [0.25, 0.3) is 0 Å². The van der Waals surface area contributed by atoms with E-state index >= 15 is 0 Å². The van der Waals surface area contributed by atoms with E-state index in [1.807, 2.05) is 13.8 Å². The molecular weight excluding hydrogens is 256 g/mol. The van der Waals surface area contributed by atoms with Crippen molar-refractivity contribution in [3.05, 3.63) is 23.4 Å². The molecule has 0 saturated carbocycles. The van der Waals surface area contributed by atoms with Gasteiger partial charge in [-0.15, -0.1) is 0 Å². The first-order valence-electron chi connectivity index (χ1n) is 7.12. The van der Waals surface area contributed by atoms with Crippen LogP contribution in [0, 0.1) is 5.92 Å². The Morgan fingerprint density at radius 2 is 2.25 bits per heavy atom. The molecule has 1 aliphatic heterocycles. The van der Waals surface area contributed by atoms with Crippen molar-refractivity contribution in [1.82, 2.24) is 4.98 Å². The Balaban J connectivity index is 2.32. The van der Waals surface area contributed by atoms with E-state index in [0.29, 0.717) is 5.82 Å². The lowest BCUT2D eigenvalue weighted by Gasteiger charge is -2.33. The van der Waals surface area contributed by atoms with Crippen LogP contribution in [0.15, 0.2) is 12.1 Å². The third-order valence-corrected chi connectivity index (χ3v) is 3.77. The van der Waals surface area contributed by atoms with Gasteiger partial charge in [-0.1, -0.05) is 13.8 Å². The van der Waals surface area contributed by atoms with Gasteiger partial charge in [-0.3, -0.25) is 0 Å². The zero-order valence-electron chi connectivity index (χ0n) is 12.0. The minimum Gasteiger partial charge on any atom is -0.478 e. The molecule has 0 amide bonds. The SMILES string of the molecule is CC(C)c1cc(C(=O)O)cc(N2CCCC(CO)C2)n1. The third-order valence-electron chi connectivity index (χ3n) is 3.77. The molecule has 1 saturated heterocycles. The van der Waals surface area contributed by atoms with Gasteiger partial charge in [0.15, 0.2) is 0 Å². The Morgan fingerprint density at radius 3 is 2.85 bits per heavy atom. The number of nitrogens with zero attached hydrogens (tertiary/aromatic N) is 2. The lowest BCUT2D eigenvalue weighted by molar-refractivity contribution is 0.0696. The molecule has 0 radical (unpaired) electrons. The summed E-state index contributed by atoms with van der Waals surface area (Å²) >= 11 is 0. The summed E-state index contributed by atoms with van der Waals surface area (Å²) in [7, 11) is 0. The van der Waals surface area contributed by atoms with Crippen LogP contribution in [0.3, 0.4) is 0 Å². The number of hydrogen-bond donors (Lipinski definition) is 2. The second kappa shape index (κ2) is 6.22. The van der Waals surface area contributed by atoms with Crippen molar-refractivity contribution in [3.63, 3.8) is 0 Å². The standard InChI is InChI=1S/C15H22N2O3/c1-10(2)13-6-12(15(19)20)7-14(16-13)17-5-3-4-11(8-17)9-18/h6-7,10-11,18H,3-5,8-9H2,1-2H3,(H,19,20). The fourth-order valence-corrected chi connectivity index (χ4v) is 2.54. The maximum atomic E-state index is 11.2. The molecule has 1 aliphatic rings. The topological polar surface area (TPSA) is 73.7 Å². The van der Waals surface area contributed by atoms with Crippen molar-refractivity contribution in [2.45, 2.75) is 32.6 Å². The number of aliphatic hydroxyl groups is 1. The monoisotopic (exact) mass is 278 g/mol. The van der Waals surface area contributed by atoms with Crippen LogP contribution in [0.2, 0.25) is 0 Å². The van der Waals surface area contributed by atoms with E-state index in [2.05, 4.69) is 9.88 Å². The number of pyridine rings is 1. The predicted octanol–water partition coefficient (Wildman–Crippen LogP) is 2.11. The van der Waals surface area contributed by atoms with Crippen molar-refractivity contribution in [1.29, 1.82) is 0 Å². The average molecular weight is 278 g/mol. The number of hydrogen-bond acceptors (Lipinski definition) is 4. The number of aliphatic hydroxyl groups excluding tert-OH is 1. The number of carboxylic acids is 1. The van der Waals surface area contributed by atoms with Crippen molar-refractivity contribution in [2.24, 2.45) is 5.92 Å². The lowest BCUT2D eigenvalue weighted by atomic mass is 9.99. The second-order valence-corrected chi connectivity index (χ2v) is 5.74. The highest BCUT2D eigenvalue weighted by Gasteiger charge is 2.22. The highest BCUT2D eigenvalue weighted by molar-refractivity contribution is 5.88. The molecule has 0 spiro atoms. The summed E-state index contributed by atoms with van der Waals surface area (Å²) in [6.07, 6.45) is 2.02. The van der Waals surface area contributed by atoms with Gasteiger partial charge < -0.3 is 15.1 Å². The molecule has 0 bridgehead atoms. The Labute approximate surface area is 119 Å². The molecule has 0 aromatic carbocycles. The van der Waals surface area contributed by atoms with Gasteiger partial charge in [0.2, 0.25) is 0 Å². The van der Waals surface area contributed by atoms with E-state index in [0.717, 1.165) is 31.6 Å². The molecule has 1 aromatic rings. The maximum absolute atomic E-state index is 11.2. The van der Waals surface area contributed by atoms with Crippen LogP contribution < -0.4 is 4.90 Å². The van der Waals surface area contributed by atoms with Gasteiger partial charge in [-0.25, -0.2) is 9.78 Å². The molecule has 5 nitrogen and oxygen atoms in total. The second-order valence-electron chi connectivity index (χ2n) is 5.74. The molecule has 5 heteroatoms. The van der Waals surface area contributed by atoms with Crippen LogP contribution in [0.5, 0.6) is 0 Å². The molecule has 1 aromatic heterocycles. The summed E-state index contributed by atoms with van der Waals surface area (Å²) in [4.78, 5) is 17.9. The van der Waals surface area contributed by atoms with Crippen molar-refractivity contribution >= 4 is 11.8 Å². The quantitative estimate of drug-likeness (QED) is 0.882. The molecule has 110 valence electrons. The van der Waals surface area contributed by atoms with E-state index in [4.69, 9.17) is 0 Å². The molecule has 1 unspecified atom stereocenters. The Morgan fingerprint density at radius 1 is 1.50 bits per heavy atom. The van der Waals surface area contributed by atoms with Gasteiger partial charge in [-0.2, -0.15) is 0 Å². The van der Waals surface area contributed by atoms with Gasteiger partial charge in [0.05, 0.1) is 5.56 Å². The number of rotatable bonds is 4. The first kappa shape index (κ1) is 14.8. The average Bonchev–Trinajstić information content (AvgIpc) is 2.46. The summed E-state index contributed by atoms with van der Waals surface area (Å²) in [5, 5.41) is 18.5. The highest BCUT2D eigenvalue weighted by atomic mass is 16.4. The largest absolute Gasteiger partial charge is 0.478 e. The zero-order chi connectivity index (χ0) is 14.7. The van der Waals surface area contributed by atoms with E-state index in [1.54, 1.807) is 12.1 Å². The smallest absolute Gasteiger partial charge is 0.335 e. The van der Waals surface area contributed by atoms with Crippen molar-refractivity contribution in [3.8, 4) is 0 Å². The minimum atomic E-state index is -0.925. The first-order valence-corrected chi connectivity index (χ1v) is 7.12. The fourth-order valence-electron chi connectivity index (χ4n) is 2.54. The Hall–Kier alpha value is -1.62. The summed E-state index contributed by atoms with van der Waals surface area (Å²) in [5.41, 5.74) is 1.08. The maximum Gasteiger partial charge on any atom is 0.335 e. The van der Waals surface area contributed by atoms with Crippen LogP contribution in [-0.4, -0.2) is 40.9 Å².